The van der Waals surface area contributed by atoms with Crippen LogP contribution in [0.2, 0.25) is 0 Å². The van der Waals surface area contributed by atoms with Gasteiger partial charge in [-0.1, -0.05) is 102 Å². The number of rotatable bonds is 14. The number of aliphatic carboxylic acids is 2. The smallest absolute Gasteiger partial charge is 0.343 e. The first-order chi connectivity index (χ1) is 15.0. The molecule has 4 heteroatoms. The summed E-state index contributed by atoms with van der Waals surface area (Å²) in [6, 6.07) is 5.60. The fourth-order valence-corrected chi connectivity index (χ4v) is 3.82. The van der Waals surface area contributed by atoms with E-state index in [0.29, 0.717) is 17.6 Å². The van der Waals surface area contributed by atoms with E-state index >= 15 is 0 Å². The van der Waals surface area contributed by atoms with Gasteiger partial charge in [-0.15, -0.1) is 0 Å². The van der Waals surface area contributed by atoms with Gasteiger partial charge in [-0.25, -0.2) is 9.59 Å². The number of carboxylic acid groups (broad SMARTS) is 2. The molecule has 1 aromatic rings. The lowest BCUT2D eigenvalue weighted by Gasteiger charge is -2.13. The van der Waals surface area contributed by atoms with Crippen LogP contribution < -0.4 is 0 Å². The van der Waals surface area contributed by atoms with Crippen molar-refractivity contribution in [3.63, 3.8) is 0 Å². The van der Waals surface area contributed by atoms with Crippen LogP contribution in [-0.2, 0) is 16.0 Å². The Morgan fingerprint density at radius 1 is 0.839 bits per heavy atom. The predicted octanol–water partition coefficient (Wildman–Crippen LogP) is 6.85. The van der Waals surface area contributed by atoms with E-state index in [1.807, 2.05) is 19.1 Å². The third-order valence-electron chi connectivity index (χ3n) is 5.56. The SMILES string of the molecule is CCCCCCCCCCCC#Cc1c(CC)cccc1C(CC)=C(C(=O)O)C(=O)O. The number of carbonyl (C=O) groups is 2. The van der Waals surface area contributed by atoms with Crippen molar-refractivity contribution in [2.24, 2.45) is 0 Å². The molecule has 2 N–H and O–H groups in total. The molecule has 4 nitrogen and oxygen atoms in total. The van der Waals surface area contributed by atoms with Crippen LogP contribution in [0.5, 0.6) is 0 Å². The maximum absolute atomic E-state index is 11.6. The lowest BCUT2D eigenvalue weighted by atomic mass is 9.90. The maximum atomic E-state index is 11.6. The number of allylic oxidation sites excluding steroid dienone is 1. The van der Waals surface area contributed by atoms with Crippen LogP contribution in [0.4, 0.5) is 0 Å². The molecule has 31 heavy (non-hydrogen) atoms. The average Bonchev–Trinajstić information content (AvgIpc) is 2.75. The molecule has 0 spiro atoms. The molecule has 0 heterocycles. The Morgan fingerprint density at radius 2 is 1.42 bits per heavy atom. The highest BCUT2D eigenvalue weighted by molar-refractivity contribution is 6.18. The van der Waals surface area contributed by atoms with Crippen molar-refractivity contribution in [1.29, 1.82) is 0 Å². The Labute approximate surface area is 187 Å². The van der Waals surface area contributed by atoms with Crippen molar-refractivity contribution in [2.75, 3.05) is 0 Å². The van der Waals surface area contributed by atoms with E-state index in [4.69, 9.17) is 0 Å². The number of hydrogen-bond donors (Lipinski definition) is 2. The second-order valence-corrected chi connectivity index (χ2v) is 7.89. The number of carboxylic acids is 2. The standard InChI is InChI=1S/C27H38O4/c1-4-7-8-9-10-11-12-13-14-15-16-19-23-21(5-2)18-17-20-24(23)22(6-3)25(26(28)29)27(30)31/h17-18,20H,4-15H2,1-3H3,(H,28,29)(H,30,31). The van der Waals surface area contributed by atoms with Crippen LogP contribution in [0.25, 0.3) is 5.57 Å². The fraction of sp³-hybridized carbons (Fsp3) is 0.556. The van der Waals surface area contributed by atoms with Crippen molar-refractivity contribution in [3.05, 3.63) is 40.5 Å². The number of aryl methyl sites for hydroxylation is 1. The number of unbranched alkanes of at least 4 members (excludes halogenated alkanes) is 9. The van der Waals surface area contributed by atoms with Crippen molar-refractivity contribution in [3.8, 4) is 11.8 Å². The molecule has 0 fully saturated rings. The Hall–Kier alpha value is -2.54. The van der Waals surface area contributed by atoms with Gasteiger partial charge in [0.1, 0.15) is 5.57 Å². The van der Waals surface area contributed by atoms with Gasteiger partial charge in [-0.2, -0.15) is 0 Å². The molecule has 0 bridgehead atoms. The average molecular weight is 427 g/mol. The van der Waals surface area contributed by atoms with Gasteiger partial charge in [0.2, 0.25) is 0 Å². The van der Waals surface area contributed by atoms with Crippen LogP contribution >= 0.6 is 0 Å². The van der Waals surface area contributed by atoms with Gasteiger partial charge in [-0.3, -0.25) is 0 Å². The molecule has 1 aromatic carbocycles. The van der Waals surface area contributed by atoms with Gasteiger partial charge in [0.05, 0.1) is 0 Å². The third kappa shape index (κ3) is 9.00. The van der Waals surface area contributed by atoms with E-state index in [9.17, 15) is 19.8 Å². The molecule has 0 aromatic heterocycles. The lowest BCUT2D eigenvalue weighted by molar-refractivity contribution is -0.140. The van der Waals surface area contributed by atoms with Gasteiger partial charge in [0.25, 0.3) is 0 Å². The van der Waals surface area contributed by atoms with Gasteiger partial charge >= 0.3 is 11.9 Å². The molecular weight excluding hydrogens is 388 g/mol. The van der Waals surface area contributed by atoms with Gasteiger partial charge in [-0.05, 0) is 36.0 Å². The van der Waals surface area contributed by atoms with E-state index in [0.717, 1.165) is 30.4 Å². The number of hydrogen-bond acceptors (Lipinski definition) is 2. The van der Waals surface area contributed by atoms with Crippen LogP contribution in [0.3, 0.4) is 0 Å². The minimum Gasteiger partial charge on any atom is -0.477 e. The first-order valence-electron chi connectivity index (χ1n) is 11.8. The van der Waals surface area contributed by atoms with Crippen LogP contribution in [-0.4, -0.2) is 22.2 Å². The Balaban J connectivity index is 2.87. The topological polar surface area (TPSA) is 74.6 Å². The zero-order valence-corrected chi connectivity index (χ0v) is 19.4. The third-order valence-corrected chi connectivity index (χ3v) is 5.56. The van der Waals surface area contributed by atoms with E-state index in [1.165, 1.54) is 51.4 Å². The second kappa shape index (κ2) is 15.3. The van der Waals surface area contributed by atoms with E-state index in [-0.39, 0.29) is 0 Å². The summed E-state index contributed by atoms with van der Waals surface area (Å²) in [5.41, 5.74) is 2.15. The molecule has 0 unspecified atom stereocenters. The van der Waals surface area contributed by atoms with Crippen LogP contribution in [0.15, 0.2) is 23.8 Å². The summed E-state index contributed by atoms with van der Waals surface area (Å²) in [6.07, 6.45) is 13.3. The van der Waals surface area contributed by atoms with Gasteiger partial charge < -0.3 is 10.2 Å². The van der Waals surface area contributed by atoms with Crippen molar-refractivity contribution in [1.82, 2.24) is 0 Å². The summed E-state index contributed by atoms with van der Waals surface area (Å²) in [7, 11) is 0. The van der Waals surface area contributed by atoms with Crippen molar-refractivity contribution < 1.29 is 19.8 Å². The van der Waals surface area contributed by atoms with E-state index < -0.39 is 17.5 Å². The quantitative estimate of drug-likeness (QED) is 0.112. The normalized spacial score (nSPS) is 10.3. The summed E-state index contributed by atoms with van der Waals surface area (Å²) in [6.45, 7) is 6.04. The molecule has 0 aliphatic carbocycles. The zero-order valence-electron chi connectivity index (χ0n) is 19.4. The van der Waals surface area contributed by atoms with E-state index in [2.05, 4.69) is 18.8 Å². The molecular formula is C27H38O4. The summed E-state index contributed by atoms with van der Waals surface area (Å²) < 4.78 is 0. The number of benzene rings is 1. The van der Waals surface area contributed by atoms with Crippen molar-refractivity contribution >= 4 is 17.5 Å². The molecule has 0 aliphatic heterocycles. The highest BCUT2D eigenvalue weighted by Gasteiger charge is 2.23. The Bertz CT molecular complexity index is 792. The lowest BCUT2D eigenvalue weighted by Crippen LogP contribution is -2.14. The van der Waals surface area contributed by atoms with Crippen LogP contribution in [0, 0.1) is 11.8 Å². The first kappa shape index (κ1) is 26.5. The zero-order chi connectivity index (χ0) is 23.1. The largest absolute Gasteiger partial charge is 0.477 e. The maximum Gasteiger partial charge on any atom is 0.343 e. The highest BCUT2D eigenvalue weighted by atomic mass is 16.4. The van der Waals surface area contributed by atoms with Crippen molar-refractivity contribution in [2.45, 2.75) is 97.8 Å². The second-order valence-electron chi connectivity index (χ2n) is 7.89. The molecule has 0 saturated carbocycles. The predicted molar refractivity (Wildman–Crippen MR) is 127 cm³/mol. The minimum absolute atomic E-state index is 0.314. The summed E-state index contributed by atoms with van der Waals surface area (Å²) in [5, 5.41) is 18.9. The minimum atomic E-state index is -1.42. The summed E-state index contributed by atoms with van der Waals surface area (Å²) in [5.74, 6) is 3.65. The molecule has 0 amide bonds. The summed E-state index contributed by atoms with van der Waals surface area (Å²) >= 11 is 0. The first-order valence-corrected chi connectivity index (χ1v) is 11.8. The highest BCUT2D eigenvalue weighted by Crippen LogP contribution is 2.28. The molecule has 0 radical (unpaired) electrons. The Kier molecular flexibility index (Phi) is 13.1. The molecule has 1 rings (SSSR count). The molecule has 0 saturated heterocycles. The molecule has 0 aliphatic rings. The molecule has 0 atom stereocenters. The van der Waals surface area contributed by atoms with E-state index in [1.54, 1.807) is 13.0 Å². The Morgan fingerprint density at radius 3 is 1.94 bits per heavy atom. The monoisotopic (exact) mass is 426 g/mol. The van der Waals surface area contributed by atoms with Gasteiger partial charge in [0.15, 0.2) is 0 Å². The van der Waals surface area contributed by atoms with Gasteiger partial charge in [0, 0.05) is 12.0 Å². The molecule has 170 valence electrons. The van der Waals surface area contributed by atoms with Crippen LogP contribution in [0.1, 0.15) is 108 Å². The fourth-order valence-electron chi connectivity index (χ4n) is 3.82. The summed E-state index contributed by atoms with van der Waals surface area (Å²) in [4.78, 5) is 23.1.